The number of fused-ring (bicyclic) bond motifs is 1. The first-order valence-electron chi connectivity index (χ1n) is 6.17. The lowest BCUT2D eigenvalue weighted by atomic mass is 9.95. The van der Waals surface area contributed by atoms with Crippen LogP contribution in [0.4, 0.5) is 0 Å². The largest absolute Gasteiger partial charge is 0.493 e. The SMILES string of the molecule is CNC1CCCOc2c(C(C)C)cccc21. The number of ether oxygens (including phenoxy) is 1. The number of rotatable bonds is 2. The summed E-state index contributed by atoms with van der Waals surface area (Å²) in [5, 5.41) is 3.39. The second-order valence-electron chi connectivity index (χ2n) is 4.75. The Labute approximate surface area is 98.0 Å². The van der Waals surface area contributed by atoms with Crippen molar-refractivity contribution < 1.29 is 4.74 Å². The summed E-state index contributed by atoms with van der Waals surface area (Å²) in [5.41, 5.74) is 2.66. The van der Waals surface area contributed by atoms with Gasteiger partial charge in [0.15, 0.2) is 0 Å². The molecule has 0 bridgehead atoms. The van der Waals surface area contributed by atoms with Gasteiger partial charge in [0.25, 0.3) is 0 Å². The van der Waals surface area contributed by atoms with Crippen molar-refractivity contribution in [1.82, 2.24) is 5.32 Å². The van der Waals surface area contributed by atoms with Gasteiger partial charge in [0.2, 0.25) is 0 Å². The number of benzene rings is 1. The predicted molar refractivity (Wildman–Crippen MR) is 67.1 cm³/mol. The first kappa shape index (κ1) is 11.5. The van der Waals surface area contributed by atoms with Crippen molar-refractivity contribution in [2.75, 3.05) is 13.7 Å². The van der Waals surface area contributed by atoms with Gasteiger partial charge in [-0.2, -0.15) is 0 Å². The zero-order valence-corrected chi connectivity index (χ0v) is 10.4. The molecule has 1 unspecified atom stereocenters. The highest BCUT2D eigenvalue weighted by molar-refractivity contribution is 5.45. The minimum absolute atomic E-state index is 0.441. The summed E-state index contributed by atoms with van der Waals surface area (Å²) >= 11 is 0. The molecule has 2 rings (SSSR count). The van der Waals surface area contributed by atoms with Gasteiger partial charge in [-0.3, -0.25) is 0 Å². The first-order valence-corrected chi connectivity index (χ1v) is 6.17. The van der Waals surface area contributed by atoms with Gasteiger partial charge in [0.05, 0.1) is 6.61 Å². The molecule has 1 heterocycles. The van der Waals surface area contributed by atoms with Crippen LogP contribution in [0, 0.1) is 0 Å². The topological polar surface area (TPSA) is 21.3 Å². The third-order valence-corrected chi connectivity index (χ3v) is 3.31. The molecule has 1 aromatic rings. The van der Waals surface area contributed by atoms with E-state index >= 15 is 0 Å². The van der Waals surface area contributed by atoms with Crippen LogP contribution in [0.15, 0.2) is 18.2 Å². The molecule has 2 nitrogen and oxygen atoms in total. The van der Waals surface area contributed by atoms with Crippen LogP contribution in [-0.2, 0) is 0 Å². The van der Waals surface area contributed by atoms with E-state index < -0.39 is 0 Å². The van der Waals surface area contributed by atoms with Gasteiger partial charge in [-0.05, 0) is 31.4 Å². The van der Waals surface area contributed by atoms with Gasteiger partial charge in [0.1, 0.15) is 5.75 Å². The third-order valence-electron chi connectivity index (χ3n) is 3.31. The van der Waals surface area contributed by atoms with Crippen LogP contribution in [-0.4, -0.2) is 13.7 Å². The Morgan fingerprint density at radius 1 is 1.38 bits per heavy atom. The summed E-state index contributed by atoms with van der Waals surface area (Å²) in [6.45, 7) is 5.28. The Hall–Kier alpha value is -1.02. The minimum atomic E-state index is 0.441. The summed E-state index contributed by atoms with van der Waals surface area (Å²) < 4.78 is 5.93. The number of hydrogen-bond acceptors (Lipinski definition) is 2. The highest BCUT2D eigenvalue weighted by Crippen LogP contribution is 2.37. The van der Waals surface area contributed by atoms with Gasteiger partial charge in [-0.15, -0.1) is 0 Å². The molecule has 0 aromatic heterocycles. The smallest absolute Gasteiger partial charge is 0.127 e. The van der Waals surface area contributed by atoms with Crippen LogP contribution in [0.25, 0.3) is 0 Å². The maximum Gasteiger partial charge on any atom is 0.127 e. The molecule has 0 saturated heterocycles. The van der Waals surface area contributed by atoms with Crippen molar-refractivity contribution in [3.05, 3.63) is 29.3 Å². The number of hydrogen-bond donors (Lipinski definition) is 1. The monoisotopic (exact) mass is 219 g/mol. The molecule has 1 aromatic carbocycles. The molecule has 1 aliphatic heterocycles. The molecule has 0 amide bonds. The molecule has 1 aliphatic rings. The molecule has 0 aliphatic carbocycles. The fourth-order valence-electron chi connectivity index (χ4n) is 2.39. The quantitative estimate of drug-likeness (QED) is 0.824. The van der Waals surface area contributed by atoms with Crippen LogP contribution in [0.5, 0.6) is 5.75 Å². The summed E-state index contributed by atoms with van der Waals surface area (Å²) in [6.07, 6.45) is 2.28. The molecule has 1 atom stereocenters. The standard InChI is InChI=1S/C14H21NO/c1-10(2)11-6-4-7-12-13(15-3)8-5-9-16-14(11)12/h4,6-7,10,13,15H,5,8-9H2,1-3H3. The van der Waals surface area contributed by atoms with Crippen molar-refractivity contribution in [3.63, 3.8) is 0 Å². The Morgan fingerprint density at radius 2 is 2.19 bits per heavy atom. The Kier molecular flexibility index (Phi) is 3.49. The van der Waals surface area contributed by atoms with E-state index in [-0.39, 0.29) is 0 Å². The highest BCUT2D eigenvalue weighted by Gasteiger charge is 2.21. The second-order valence-corrected chi connectivity index (χ2v) is 4.75. The van der Waals surface area contributed by atoms with Crippen LogP contribution in [0.3, 0.4) is 0 Å². The summed E-state index contributed by atoms with van der Waals surface area (Å²) in [6, 6.07) is 6.96. The van der Waals surface area contributed by atoms with Gasteiger partial charge >= 0.3 is 0 Å². The van der Waals surface area contributed by atoms with Crippen LogP contribution in [0.2, 0.25) is 0 Å². The maximum absolute atomic E-state index is 5.93. The van der Waals surface area contributed by atoms with E-state index in [1.54, 1.807) is 0 Å². The first-order chi connectivity index (χ1) is 7.74. The van der Waals surface area contributed by atoms with Crippen LogP contribution in [0.1, 0.15) is 49.8 Å². The van der Waals surface area contributed by atoms with E-state index in [0.717, 1.165) is 25.2 Å². The van der Waals surface area contributed by atoms with Gasteiger partial charge in [0, 0.05) is 11.6 Å². The van der Waals surface area contributed by atoms with Gasteiger partial charge < -0.3 is 10.1 Å². The summed E-state index contributed by atoms with van der Waals surface area (Å²) in [4.78, 5) is 0. The fourth-order valence-corrected chi connectivity index (χ4v) is 2.39. The zero-order valence-electron chi connectivity index (χ0n) is 10.4. The lowest BCUT2D eigenvalue weighted by Gasteiger charge is -2.19. The number of para-hydroxylation sites is 1. The molecule has 0 spiro atoms. The summed E-state index contributed by atoms with van der Waals surface area (Å²) in [5.74, 6) is 1.64. The molecule has 1 N–H and O–H groups in total. The van der Waals surface area contributed by atoms with Gasteiger partial charge in [-0.25, -0.2) is 0 Å². The maximum atomic E-state index is 5.93. The Bertz CT molecular complexity index is 360. The lowest BCUT2D eigenvalue weighted by molar-refractivity contribution is 0.311. The van der Waals surface area contributed by atoms with Gasteiger partial charge in [-0.1, -0.05) is 32.0 Å². The normalized spacial score (nSPS) is 20.1. The zero-order chi connectivity index (χ0) is 11.5. The average Bonchev–Trinajstić information content (AvgIpc) is 2.49. The Balaban J connectivity index is 2.47. The predicted octanol–water partition coefficient (Wildman–Crippen LogP) is 3.24. The molecule has 0 saturated carbocycles. The number of nitrogens with one attached hydrogen (secondary N) is 1. The summed E-state index contributed by atoms with van der Waals surface area (Å²) in [7, 11) is 2.03. The lowest BCUT2D eigenvalue weighted by Crippen LogP contribution is -2.15. The van der Waals surface area contributed by atoms with E-state index in [4.69, 9.17) is 4.74 Å². The molecular weight excluding hydrogens is 198 g/mol. The van der Waals surface area contributed by atoms with Crippen molar-refractivity contribution >= 4 is 0 Å². The molecule has 0 radical (unpaired) electrons. The van der Waals surface area contributed by atoms with E-state index in [0.29, 0.717) is 12.0 Å². The Morgan fingerprint density at radius 3 is 2.88 bits per heavy atom. The van der Waals surface area contributed by atoms with Crippen molar-refractivity contribution in [1.29, 1.82) is 0 Å². The fraction of sp³-hybridized carbons (Fsp3) is 0.571. The van der Waals surface area contributed by atoms with E-state index in [9.17, 15) is 0 Å². The van der Waals surface area contributed by atoms with Crippen LogP contribution >= 0.6 is 0 Å². The molecule has 88 valence electrons. The average molecular weight is 219 g/mol. The second kappa shape index (κ2) is 4.88. The highest BCUT2D eigenvalue weighted by atomic mass is 16.5. The molecule has 16 heavy (non-hydrogen) atoms. The van der Waals surface area contributed by atoms with Crippen LogP contribution < -0.4 is 10.1 Å². The molecule has 0 fully saturated rings. The minimum Gasteiger partial charge on any atom is -0.493 e. The molecular formula is C14H21NO. The van der Waals surface area contributed by atoms with Crippen molar-refractivity contribution in [2.45, 2.75) is 38.6 Å². The van der Waals surface area contributed by atoms with E-state index in [1.807, 2.05) is 7.05 Å². The van der Waals surface area contributed by atoms with E-state index in [1.165, 1.54) is 11.1 Å². The van der Waals surface area contributed by atoms with E-state index in [2.05, 4.69) is 37.4 Å². The van der Waals surface area contributed by atoms with Crippen molar-refractivity contribution in [2.24, 2.45) is 0 Å². The molecule has 2 heteroatoms. The van der Waals surface area contributed by atoms with Crippen molar-refractivity contribution in [3.8, 4) is 5.75 Å². The third kappa shape index (κ3) is 2.07.